The van der Waals surface area contributed by atoms with E-state index >= 15 is 0 Å². The zero-order valence-corrected chi connectivity index (χ0v) is 9.57. The van der Waals surface area contributed by atoms with Crippen molar-refractivity contribution < 1.29 is 5.11 Å². The molecule has 4 heteroatoms. The first-order valence-electron chi connectivity index (χ1n) is 5.28. The van der Waals surface area contributed by atoms with Gasteiger partial charge in [0.2, 0.25) is 0 Å². The topological polar surface area (TPSA) is 84.3 Å². The average Bonchev–Trinajstić information content (AvgIpc) is 2.27. The van der Waals surface area contributed by atoms with Gasteiger partial charge in [-0.15, -0.1) is 0 Å². The fraction of sp³-hybridized carbons (Fsp3) is 0.0769. The van der Waals surface area contributed by atoms with Crippen molar-refractivity contribution in [3.63, 3.8) is 0 Å². The largest absolute Gasteiger partial charge is 0.508 e. The highest BCUT2D eigenvalue weighted by Crippen LogP contribution is 2.27. The van der Waals surface area contributed by atoms with Crippen molar-refractivity contribution in [3.05, 3.63) is 42.0 Å². The van der Waals surface area contributed by atoms with Gasteiger partial charge in [0.1, 0.15) is 5.75 Å². The van der Waals surface area contributed by atoms with Crippen LogP contribution in [0.1, 0.15) is 5.56 Å². The number of aromatic hydroxyl groups is 1. The van der Waals surface area contributed by atoms with Crippen LogP contribution >= 0.6 is 0 Å². The molecule has 0 fully saturated rings. The predicted octanol–water partition coefficient (Wildman–Crippen LogP) is 2.61. The Morgan fingerprint density at radius 3 is 2.47 bits per heavy atom. The van der Waals surface area contributed by atoms with Crippen molar-refractivity contribution in [2.45, 2.75) is 6.92 Å². The Morgan fingerprint density at radius 1 is 1.06 bits per heavy atom. The first-order valence-corrected chi connectivity index (χ1v) is 5.28. The number of rotatable bonds is 2. The molecule has 88 valence electrons. The average molecular weight is 229 g/mol. The summed E-state index contributed by atoms with van der Waals surface area (Å²) < 4.78 is 0. The van der Waals surface area contributed by atoms with E-state index in [1.807, 2.05) is 19.1 Å². The Bertz CT molecular complexity index is 552. The highest BCUT2D eigenvalue weighted by molar-refractivity contribution is 5.75. The Hall–Kier alpha value is -2.36. The number of phenols is 1. The number of nitrogen functional groups attached to an aromatic ring is 2. The minimum atomic E-state index is 0.279. The quantitative estimate of drug-likeness (QED) is 0.471. The van der Waals surface area contributed by atoms with Crippen LogP contribution in [0.2, 0.25) is 0 Å². The molecule has 0 saturated carbocycles. The standard InChI is InChI=1S/C13H15N3O/c1-8-6-10(3-5-13(8)17)16-12-4-2-9(14)7-11(12)15/h2-7,16-17H,14-15H2,1H3. The summed E-state index contributed by atoms with van der Waals surface area (Å²) in [5.41, 5.74) is 15.2. The fourth-order valence-electron chi connectivity index (χ4n) is 1.58. The molecule has 0 aliphatic carbocycles. The number of phenolic OH excluding ortho intramolecular Hbond substituents is 1. The van der Waals surface area contributed by atoms with Gasteiger partial charge in [0.25, 0.3) is 0 Å². The maximum Gasteiger partial charge on any atom is 0.118 e. The molecule has 0 bridgehead atoms. The molecule has 0 heterocycles. The lowest BCUT2D eigenvalue weighted by molar-refractivity contribution is 0.471. The highest BCUT2D eigenvalue weighted by atomic mass is 16.3. The normalized spacial score (nSPS) is 10.2. The first-order chi connectivity index (χ1) is 8.06. The molecular formula is C13H15N3O. The lowest BCUT2D eigenvalue weighted by atomic mass is 10.2. The van der Waals surface area contributed by atoms with E-state index in [1.165, 1.54) is 0 Å². The molecular weight excluding hydrogens is 214 g/mol. The number of nitrogens with two attached hydrogens (primary N) is 2. The molecule has 0 spiro atoms. The summed E-state index contributed by atoms with van der Waals surface area (Å²) in [5.74, 6) is 0.279. The molecule has 2 rings (SSSR count). The van der Waals surface area contributed by atoms with E-state index in [-0.39, 0.29) is 5.75 Å². The van der Waals surface area contributed by atoms with Crippen molar-refractivity contribution in [2.24, 2.45) is 0 Å². The van der Waals surface area contributed by atoms with Crippen LogP contribution in [0, 0.1) is 6.92 Å². The summed E-state index contributed by atoms with van der Waals surface area (Å²) in [5, 5.41) is 12.6. The van der Waals surface area contributed by atoms with Gasteiger partial charge in [-0.05, 0) is 48.9 Å². The van der Waals surface area contributed by atoms with Gasteiger partial charge in [-0.2, -0.15) is 0 Å². The molecule has 6 N–H and O–H groups in total. The minimum Gasteiger partial charge on any atom is -0.508 e. The van der Waals surface area contributed by atoms with Gasteiger partial charge in [-0.3, -0.25) is 0 Å². The smallest absolute Gasteiger partial charge is 0.118 e. The van der Waals surface area contributed by atoms with Crippen LogP contribution < -0.4 is 16.8 Å². The monoisotopic (exact) mass is 229 g/mol. The number of anilines is 4. The van der Waals surface area contributed by atoms with Crippen LogP contribution in [0.15, 0.2) is 36.4 Å². The van der Waals surface area contributed by atoms with E-state index in [9.17, 15) is 5.11 Å². The second kappa shape index (κ2) is 4.25. The molecule has 0 atom stereocenters. The molecule has 2 aromatic rings. The van der Waals surface area contributed by atoms with E-state index in [2.05, 4.69) is 5.32 Å². The van der Waals surface area contributed by atoms with Gasteiger partial charge in [0, 0.05) is 11.4 Å². The Morgan fingerprint density at radius 2 is 1.82 bits per heavy atom. The van der Waals surface area contributed by atoms with Crippen molar-refractivity contribution in [3.8, 4) is 5.75 Å². The number of nitrogens with one attached hydrogen (secondary N) is 1. The molecule has 4 nitrogen and oxygen atoms in total. The predicted molar refractivity (Wildman–Crippen MR) is 71.4 cm³/mol. The second-order valence-electron chi connectivity index (χ2n) is 3.97. The summed E-state index contributed by atoms with van der Waals surface area (Å²) in [6.45, 7) is 1.84. The van der Waals surface area contributed by atoms with E-state index in [0.717, 1.165) is 16.9 Å². The summed E-state index contributed by atoms with van der Waals surface area (Å²) in [7, 11) is 0. The van der Waals surface area contributed by atoms with E-state index in [4.69, 9.17) is 11.5 Å². The lowest BCUT2D eigenvalue weighted by Gasteiger charge is -2.11. The SMILES string of the molecule is Cc1cc(Nc2ccc(N)cc2N)ccc1O. The Labute approximate surface area is 99.9 Å². The van der Waals surface area contributed by atoms with Crippen molar-refractivity contribution in [1.82, 2.24) is 0 Å². The van der Waals surface area contributed by atoms with Crippen molar-refractivity contribution >= 4 is 22.7 Å². The lowest BCUT2D eigenvalue weighted by Crippen LogP contribution is -1.97. The number of benzene rings is 2. The van der Waals surface area contributed by atoms with Gasteiger partial charge >= 0.3 is 0 Å². The zero-order valence-electron chi connectivity index (χ0n) is 9.57. The van der Waals surface area contributed by atoms with Crippen LogP contribution in [0.5, 0.6) is 5.75 Å². The van der Waals surface area contributed by atoms with E-state index in [1.54, 1.807) is 24.3 Å². The van der Waals surface area contributed by atoms with Gasteiger partial charge in [0.15, 0.2) is 0 Å². The van der Waals surface area contributed by atoms with Gasteiger partial charge in [-0.25, -0.2) is 0 Å². The molecule has 0 aliphatic rings. The molecule has 0 radical (unpaired) electrons. The third-order valence-corrected chi connectivity index (χ3v) is 2.55. The highest BCUT2D eigenvalue weighted by Gasteiger charge is 2.02. The fourth-order valence-corrected chi connectivity index (χ4v) is 1.58. The molecule has 2 aromatic carbocycles. The van der Waals surface area contributed by atoms with Crippen LogP contribution in [0.4, 0.5) is 22.7 Å². The van der Waals surface area contributed by atoms with Crippen LogP contribution in [-0.4, -0.2) is 5.11 Å². The summed E-state index contributed by atoms with van der Waals surface area (Å²) in [6, 6.07) is 10.6. The summed E-state index contributed by atoms with van der Waals surface area (Å²) in [4.78, 5) is 0. The molecule has 17 heavy (non-hydrogen) atoms. The van der Waals surface area contributed by atoms with Gasteiger partial charge in [0.05, 0.1) is 11.4 Å². The molecule has 0 unspecified atom stereocenters. The van der Waals surface area contributed by atoms with Crippen molar-refractivity contribution in [1.29, 1.82) is 0 Å². The number of aryl methyl sites for hydroxylation is 1. The number of hydrogen-bond acceptors (Lipinski definition) is 4. The molecule has 0 amide bonds. The number of hydrogen-bond donors (Lipinski definition) is 4. The van der Waals surface area contributed by atoms with Gasteiger partial charge in [-0.1, -0.05) is 0 Å². The molecule has 0 aromatic heterocycles. The van der Waals surface area contributed by atoms with E-state index in [0.29, 0.717) is 11.4 Å². The molecule has 0 aliphatic heterocycles. The van der Waals surface area contributed by atoms with E-state index < -0.39 is 0 Å². The van der Waals surface area contributed by atoms with Crippen LogP contribution in [0.3, 0.4) is 0 Å². The zero-order chi connectivity index (χ0) is 12.4. The Balaban J connectivity index is 2.28. The second-order valence-corrected chi connectivity index (χ2v) is 3.97. The maximum absolute atomic E-state index is 9.43. The molecule has 0 saturated heterocycles. The first kappa shape index (κ1) is 11.1. The van der Waals surface area contributed by atoms with Crippen LogP contribution in [-0.2, 0) is 0 Å². The Kier molecular flexibility index (Phi) is 2.78. The van der Waals surface area contributed by atoms with Crippen LogP contribution in [0.25, 0.3) is 0 Å². The van der Waals surface area contributed by atoms with Gasteiger partial charge < -0.3 is 21.9 Å². The minimum absolute atomic E-state index is 0.279. The summed E-state index contributed by atoms with van der Waals surface area (Å²) in [6.07, 6.45) is 0. The third-order valence-electron chi connectivity index (χ3n) is 2.55. The third kappa shape index (κ3) is 2.42. The summed E-state index contributed by atoms with van der Waals surface area (Å²) >= 11 is 0. The van der Waals surface area contributed by atoms with Crippen molar-refractivity contribution in [2.75, 3.05) is 16.8 Å². The maximum atomic E-state index is 9.43.